The molecule has 50 heteroatoms. The molecule has 14 rings (SSSR count). The SMILES string of the molecule is C#C[C@]1(CO)O[C@@H](N2C=CC(N)=NC2=C)[C@](C)(O)[C@@H]1O.C=C1N=C(N)C=CN1[C@@H]1O[C@@](CO)(CCl)[C@@H](O)[C@@]1(C)O.C=C1N=C(N)C=CN1[C@@H]1O[C@@](CO)(CF)[C@@H](O)[C@@]1(C)O.C=C1N=C(N)C=CN1[C@@H]1O[C@](C)(CO)[C@@H](O)[C@@]1(C)O.CCOc1nc(C)nc2c1ncn2[C@@H]1O[C@@](CO)(CF)[C@@H](O)[C@@]1(C)O.Cc1nc2c(ncn2[C@@H]2O[C@@](CO)(CF)[C@@H](O)[C@@]2(C)O)c(=O)[nH]1. The molecule has 0 radical (unpaired) electrons. The first-order chi connectivity index (χ1) is 59.1. The monoisotopic (exact) mass is 1820 g/mol. The van der Waals surface area contributed by atoms with Gasteiger partial charge in [0.1, 0.15) is 160 Å². The smallest absolute Gasteiger partial charge is 0.279 e. The molecule has 4 aromatic heterocycles. The summed E-state index contributed by atoms with van der Waals surface area (Å²) in [4.78, 5) is 56.5. The van der Waals surface area contributed by atoms with Gasteiger partial charge in [-0.05, 0) is 93.5 Å². The number of aliphatic hydroxyl groups excluding tert-OH is 12. The number of rotatable bonds is 18. The first-order valence-electron chi connectivity index (χ1n) is 38.8. The third-order valence-electron chi connectivity index (χ3n) is 22.9. The van der Waals surface area contributed by atoms with E-state index < -0.39 is 206 Å². The number of ether oxygens (including phenoxy) is 7. The molecule has 0 unspecified atom stereocenters. The molecule has 702 valence electrons. The van der Waals surface area contributed by atoms with Crippen LogP contribution in [0, 0.1) is 26.2 Å². The molecule has 0 spiro atoms. The highest BCUT2D eigenvalue weighted by atomic mass is 35.5. The molecule has 0 bridgehead atoms. The fourth-order valence-corrected chi connectivity index (χ4v) is 15.7. The standard InChI is InChI=1S/C15H21FN4O5.C13H17FN4O5.C13H17N3O4.C12H18ClN3O4.C12H18FN3O4.C12H19N3O4/c1-4-24-11-9-10(18-8(2)19-11)20(7-17-9)13-14(3,23)12(22)15(5-16,6-21)25-13;1-6-16-8-7(9(20)17-6)15-5-18(8)11-12(2,22)10(21)13(3-14,4-19)23-11;1-4-13(7-17)10(18)12(3,19)11(20-13)16-6-5-9(14)15-8(16)2;2*1-7-15-8(14)3-4-16(7)10-11(2,19)9(18)12(5-13,6-17)20-10;1-7-14-8(13)4-5-15(7)10-12(3,18)9(17)11(2,6-16)19-10/h7,12-13,21-23H,4-6H2,1-3H3;5,10-11,19,21-22H,3-4H2,1-2H3,(H,16,17,20);1,5-6,10-11,17-19H,2,7H2,3H3,(H2,14,15);2*3-4,9-10,17-19H,1,5-6H2,2H3,(H2,14,15);4-5,9-10,16-18H,1,6H2,2-3H3,(H2,13,14)/t12-,13+,14+,15+;2*10-,11+,12+,13+;2*9-,10+,11+,12+;9-,10-,11-,12-/m000001/s1. The Morgan fingerprint density at radius 2 is 0.803 bits per heavy atom. The number of H-pyrrole nitrogens is 1. The van der Waals surface area contributed by atoms with Gasteiger partial charge in [-0.25, -0.2) is 53.1 Å². The van der Waals surface area contributed by atoms with E-state index in [1.165, 1.54) is 133 Å². The predicted octanol–water partition coefficient (Wildman–Crippen LogP) is -6.12. The van der Waals surface area contributed by atoms with Crippen LogP contribution in [0.4, 0.5) is 13.2 Å². The van der Waals surface area contributed by atoms with Gasteiger partial charge < -0.3 is 173 Å². The molecule has 27 N–H and O–H groups in total. The lowest BCUT2D eigenvalue weighted by Gasteiger charge is -2.35. The number of nitrogens with one attached hydrogen (secondary N) is 1. The second-order valence-corrected chi connectivity index (χ2v) is 33.0. The summed E-state index contributed by atoms with van der Waals surface area (Å²) >= 11 is 5.79. The van der Waals surface area contributed by atoms with E-state index in [-0.39, 0.29) is 57.9 Å². The van der Waals surface area contributed by atoms with E-state index in [2.05, 4.69) is 82.1 Å². The Morgan fingerprint density at radius 1 is 0.480 bits per heavy atom. The summed E-state index contributed by atoms with van der Waals surface area (Å²) in [7, 11) is 0. The third-order valence-corrected chi connectivity index (χ3v) is 23.3. The summed E-state index contributed by atoms with van der Waals surface area (Å²) in [5.74, 6) is 5.05. The number of amidine groups is 4. The topological polar surface area (TPSA) is 702 Å². The summed E-state index contributed by atoms with van der Waals surface area (Å²) in [6.07, 6.45) is 4.33. The molecule has 127 heavy (non-hydrogen) atoms. The number of nitrogens with two attached hydrogens (primary N) is 4. The normalized spacial score (nSPS) is 38.4. The second-order valence-electron chi connectivity index (χ2n) is 32.7. The van der Waals surface area contributed by atoms with Gasteiger partial charge in [-0.1, -0.05) is 32.2 Å². The zero-order chi connectivity index (χ0) is 95.2. The molecule has 10 aliphatic rings. The number of hydrogen-bond acceptors (Lipinski definition) is 43. The highest BCUT2D eigenvalue weighted by Crippen LogP contribution is 2.50. The number of imidazole rings is 2. The van der Waals surface area contributed by atoms with Gasteiger partial charge in [0.15, 0.2) is 82.1 Å². The maximum atomic E-state index is 13.5. The number of aromatic amines is 1. The molecule has 0 aromatic carbocycles. The minimum atomic E-state index is -1.96. The van der Waals surface area contributed by atoms with Gasteiger partial charge in [0.05, 0.1) is 64.8 Å². The van der Waals surface area contributed by atoms with Gasteiger partial charge in [0, 0.05) is 24.8 Å². The van der Waals surface area contributed by atoms with Crippen LogP contribution in [0.3, 0.4) is 0 Å². The molecule has 6 saturated heterocycles. The largest absolute Gasteiger partial charge is 0.476 e. The van der Waals surface area contributed by atoms with Crippen molar-refractivity contribution >= 4 is 57.3 Å². The molecule has 0 saturated carbocycles. The Balaban J connectivity index is 0.000000173. The zero-order valence-electron chi connectivity index (χ0n) is 70.7. The van der Waals surface area contributed by atoms with E-state index in [1.54, 1.807) is 27.0 Å². The fraction of sp³-hybridized carbons (Fsp3) is 0.584. The number of fused-ring (bicyclic) bond motifs is 2. The van der Waals surface area contributed by atoms with Crippen molar-refractivity contribution in [1.29, 1.82) is 0 Å². The van der Waals surface area contributed by atoms with Crippen molar-refractivity contribution in [1.82, 2.24) is 58.6 Å². The van der Waals surface area contributed by atoms with Crippen molar-refractivity contribution in [3.8, 4) is 18.2 Å². The predicted molar refractivity (Wildman–Crippen MR) is 443 cm³/mol. The van der Waals surface area contributed by atoms with Gasteiger partial charge in [-0.15, -0.1) is 18.0 Å². The first-order valence-corrected chi connectivity index (χ1v) is 39.3. The minimum absolute atomic E-state index is 0.0197. The van der Waals surface area contributed by atoms with E-state index in [0.717, 1.165) is 0 Å². The first kappa shape index (κ1) is 101. The molecular weight excluding hydrogens is 1710 g/mol. The number of hydrogen-bond donors (Lipinski definition) is 23. The number of aliphatic hydroxyl groups is 18. The molecule has 10 aliphatic heterocycles. The van der Waals surface area contributed by atoms with E-state index in [0.29, 0.717) is 41.1 Å². The lowest BCUT2D eigenvalue weighted by Crippen LogP contribution is -2.54. The Kier molecular flexibility index (Phi) is 29.8. The van der Waals surface area contributed by atoms with Crippen molar-refractivity contribution in [3.05, 3.63) is 133 Å². The van der Waals surface area contributed by atoms with E-state index >= 15 is 0 Å². The maximum Gasteiger partial charge on any atom is 0.279 e. The van der Waals surface area contributed by atoms with Crippen LogP contribution in [-0.2, 0) is 28.4 Å². The molecule has 0 aliphatic carbocycles. The highest BCUT2D eigenvalue weighted by molar-refractivity contribution is 6.18. The molecule has 6 fully saturated rings. The molecule has 46 nitrogen and oxygen atoms in total. The van der Waals surface area contributed by atoms with Gasteiger partial charge in [0.25, 0.3) is 5.56 Å². The Bertz CT molecular complexity index is 5010. The molecular formula is C77H110ClF3N20O26. The minimum Gasteiger partial charge on any atom is -0.476 e. The number of nitrogens with zero attached hydrogens (tertiary/aromatic N) is 15. The van der Waals surface area contributed by atoms with Crippen LogP contribution >= 0.6 is 11.6 Å². The van der Waals surface area contributed by atoms with Crippen molar-refractivity contribution in [2.45, 2.75) is 210 Å². The fourth-order valence-electron chi connectivity index (χ4n) is 15.4. The van der Waals surface area contributed by atoms with Crippen LogP contribution in [0.5, 0.6) is 5.88 Å². The zero-order valence-corrected chi connectivity index (χ0v) is 71.5. The summed E-state index contributed by atoms with van der Waals surface area (Å²) in [6, 6.07) is 0. The van der Waals surface area contributed by atoms with Crippen molar-refractivity contribution < 1.29 is 138 Å². The van der Waals surface area contributed by atoms with Crippen LogP contribution in [0.1, 0.15) is 79.5 Å². The summed E-state index contributed by atoms with van der Waals surface area (Å²) in [5.41, 5.74) is 1.68. The summed E-state index contributed by atoms with van der Waals surface area (Å²) in [5, 5.41) is 181. The third kappa shape index (κ3) is 18.1. The lowest BCUT2D eigenvalue weighted by molar-refractivity contribution is -0.146. The number of aryl methyl sites for hydroxylation is 2. The Hall–Kier alpha value is -9.62. The summed E-state index contributed by atoms with van der Waals surface area (Å²) in [6.45, 7) is 22.3. The van der Waals surface area contributed by atoms with E-state index in [9.17, 15) is 110 Å². The van der Waals surface area contributed by atoms with Crippen molar-refractivity contribution in [2.24, 2.45) is 42.9 Å². The van der Waals surface area contributed by atoms with Crippen molar-refractivity contribution in [3.63, 3.8) is 0 Å². The van der Waals surface area contributed by atoms with Gasteiger partial charge in [0.2, 0.25) is 5.88 Å². The number of aromatic nitrogens is 8. The average Bonchev–Trinajstić information content (AvgIpc) is 1.56. The highest BCUT2D eigenvalue weighted by Gasteiger charge is 2.68. The van der Waals surface area contributed by atoms with Gasteiger partial charge >= 0.3 is 0 Å². The molecule has 24 atom stereocenters. The number of halogens is 4. The van der Waals surface area contributed by atoms with Gasteiger partial charge in [-0.3, -0.25) is 13.9 Å². The molecule has 14 heterocycles. The van der Waals surface area contributed by atoms with Crippen molar-refractivity contribution in [2.75, 3.05) is 72.2 Å². The lowest BCUT2D eigenvalue weighted by atomic mass is 9.88. The quantitative estimate of drug-likeness (QED) is 0.0326. The number of terminal acetylenes is 1. The van der Waals surface area contributed by atoms with Crippen LogP contribution < -0.4 is 33.2 Å². The Morgan fingerprint density at radius 3 is 1.11 bits per heavy atom. The Labute approximate surface area is 728 Å². The van der Waals surface area contributed by atoms with E-state index in [1.807, 2.05) is 0 Å². The van der Waals surface area contributed by atoms with E-state index in [4.69, 9.17) is 74.1 Å². The van der Waals surface area contributed by atoms with Crippen LogP contribution in [0.15, 0.2) is 136 Å². The number of alkyl halides is 4. The van der Waals surface area contributed by atoms with Crippen LogP contribution in [0.25, 0.3) is 22.3 Å². The molecule has 0 amide bonds. The van der Waals surface area contributed by atoms with Gasteiger partial charge in [-0.2, -0.15) is 4.98 Å². The maximum absolute atomic E-state index is 13.5. The second kappa shape index (κ2) is 37.5. The number of aliphatic imine (C=N–C) groups is 4. The van der Waals surface area contributed by atoms with Crippen LogP contribution in [0.2, 0.25) is 0 Å². The average molecular weight is 1820 g/mol. The van der Waals surface area contributed by atoms with Crippen LogP contribution in [-0.4, -0.2) is 375 Å². The summed E-state index contributed by atoms with van der Waals surface area (Å²) < 4.78 is 81.3. The molecule has 4 aromatic rings.